The second-order valence-corrected chi connectivity index (χ2v) is 6.86. The molecule has 1 N–H and O–H groups in total. The number of anilines is 1. The van der Waals surface area contributed by atoms with E-state index in [4.69, 9.17) is 4.74 Å². The van der Waals surface area contributed by atoms with Crippen LogP contribution in [0.2, 0.25) is 0 Å². The van der Waals surface area contributed by atoms with Crippen molar-refractivity contribution in [2.45, 2.75) is 52.5 Å². The third kappa shape index (κ3) is 4.56. The summed E-state index contributed by atoms with van der Waals surface area (Å²) in [5.41, 5.74) is 0.702. The van der Waals surface area contributed by atoms with Gasteiger partial charge in [-0.1, -0.05) is 6.92 Å². The molecule has 6 heteroatoms. The minimum Gasteiger partial charge on any atom is -0.481 e. The van der Waals surface area contributed by atoms with Crippen LogP contribution in [0.4, 0.5) is 5.95 Å². The Hall–Kier alpha value is -1.85. The van der Waals surface area contributed by atoms with Crippen molar-refractivity contribution in [2.75, 3.05) is 25.1 Å². The lowest BCUT2D eigenvalue weighted by molar-refractivity contribution is -0.126. The van der Waals surface area contributed by atoms with Crippen molar-refractivity contribution in [3.05, 3.63) is 11.8 Å². The third-order valence-corrected chi connectivity index (χ3v) is 4.45. The number of piperidine rings is 1. The molecule has 6 nitrogen and oxygen atoms in total. The Kier molecular flexibility index (Phi) is 5.44. The topological polar surface area (TPSA) is 67.4 Å². The molecule has 1 saturated heterocycles. The summed E-state index contributed by atoms with van der Waals surface area (Å²) in [6.07, 6.45) is 2.78. The molecule has 1 aliphatic heterocycles. The zero-order valence-corrected chi connectivity index (χ0v) is 14.8. The number of methoxy groups -OCH3 is 1. The fraction of sp³-hybridized carbons (Fsp3) is 0.706. The minimum atomic E-state index is -0.164. The SMILES string of the molecule is CCC(C)(C)NC(=O)C1CCCN(c2nc(C)cc(OC)n2)C1. The molecular formula is C17H28N4O2. The second-order valence-electron chi connectivity index (χ2n) is 6.86. The smallest absolute Gasteiger partial charge is 0.228 e. The molecule has 1 fully saturated rings. The number of hydrogen-bond acceptors (Lipinski definition) is 5. The Morgan fingerprint density at radius 1 is 1.48 bits per heavy atom. The standard InChI is InChI=1S/C17H28N4O2/c1-6-17(3,4)20-15(22)13-8-7-9-21(11-13)16-18-12(2)10-14(19-16)23-5/h10,13H,6-9,11H2,1-5H3,(H,20,22). The second kappa shape index (κ2) is 7.15. The summed E-state index contributed by atoms with van der Waals surface area (Å²) in [5, 5.41) is 3.15. The summed E-state index contributed by atoms with van der Waals surface area (Å²) in [7, 11) is 1.60. The van der Waals surface area contributed by atoms with Crippen LogP contribution in [0.3, 0.4) is 0 Å². The normalized spacial score (nSPS) is 18.7. The molecule has 1 atom stereocenters. The molecule has 1 aromatic heterocycles. The predicted octanol–water partition coefficient (Wildman–Crippen LogP) is 2.31. The highest BCUT2D eigenvalue weighted by molar-refractivity contribution is 5.80. The molecule has 1 amide bonds. The van der Waals surface area contributed by atoms with E-state index >= 15 is 0 Å². The maximum atomic E-state index is 12.5. The first-order valence-electron chi connectivity index (χ1n) is 8.31. The predicted molar refractivity (Wildman–Crippen MR) is 90.8 cm³/mol. The van der Waals surface area contributed by atoms with Gasteiger partial charge in [-0.25, -0.2) is 4.98 Å². The van der Waals surface area contributed by atoms with Gasteiger partial charge in [0.05, 0.1) is 13.0 Å². The number of carbonyl (C=O) groups is 1. The number of aryl methyl sites for hydroxylation is 1. The van der Waals surface area contributed by atoms with Crippen LogP contribution in [0.25, 0.3) is 0 Å². The van der Waals surface area contributed by atoms with E-state index in [0.29, 0.717) is 18.4 Å². The summed E-state index contributed by atoms with van der Waals surface area (Å²) in [5.74, 6) is 1.31. The van der Waals surface area contributed by atoms with Crippen molar-refractivity contribution in [1.82, 2.24) is 15.3 Å². The Balaban J connectivity index is 2.09. The first kappa shape index (κ1) is 17.5. The summed E-state index contributed by atoms with van der Waals surface area (Å²) >= 11 is 0. The van der Waals surface area contributed by atoms with Crippen LogP contribution in [-0.2, 0) is 4.79 Å². The van der Waals surface area contributed by atoms with Crippen molar-refractivity contribution in [1.29, 1.82) is 0 Å². The van der Waals surface area contributed by atoms with Crippen molar-refractivity contribution < 1.29 is 9.53 Å². The number of nitrogens with one attached hydrogen (secondary N) is 1. The Labute approximate surface area is 138 Å². The monoisotopic (exact) mass is 320 g/mol. The van der Waals surface area contributed by atoms with Gasteiger partial charge in [-0.15, -0.1) is 0 Å². The average Bonchev–Trinajstić information content (AvgIpc) is 2.54. The van der Waals surface area contributed by atoms with Gasteiger partial charge in [-0.3, -0.25) is 4.79 Å². The lowest BCUT2D eigenvalue weighted by Gasteiger charge is -2.34. The summed E-state index contributed by atoms with van der Waals surface area (Å²) < 4.78 is 5.22. The van der Waals surface area contributed by atoms with Crippen molar-refractivity contribution in [2.24, 2.45) is 5.92 Å². The van der Waals surface area contributed by atoms with Gasteiger partial charge in [-0.05, 0) is 40.0 Å². The highest BCUT2D eigenvalue weighted by Gasteiger charge is 2.30. The number of hydrogen-bond donors (Lipinski definition) is 1. The summed E-state index contributed by atoms with van der Waals surface area (Å²) in [6, 6.07) is 1.81. The lowest BCUT2D eigenvalue weighted by Crippen LogP contribution is -2.50. The molecule has 23 heavy (non-hydrogen) atoms. The van der Waals surface area contributed by atoms with Crippen LogP contribution in [-0.4, -0.2) is 41.6 Å². The number of amides is 1. The quantitative estimate of drug-likeness (QED) is 0.902. The van der Waals surface area contributed by atoms with Gasteiger partial charge in [0, 0.05) is 30.4 Å². The van der Waals surface area contributed by atoms with E-state index < -0.39 is 0 Å². The summed E-state index contributed by atoms with van der Waals surface area (Å²) in [4.78, 5) is 23.5. The Morgan fingerprint density at radius 2 is 2.22 bits per heavy atom. The van der Waals surface area contributed by atoms with Gasteiger partial charge in [0.15, 0.2) is 0 Å². The Bertz CT molecular complexity index is 560. The van der Waals surface area contributed by atoms with Crippen molar-refractivity contribution >= 4 is 11.9 Å². The highest BCUT2D eigenvalue weighted by Crippen LogP contribution is 2.23. The zero-order valence-electron chi connectivity index (χ0n) is 14.8. The molecule has 0 aliphatic carbocycles. The first-order valence-corrected chi connectivity index (χ1v) is 8.31. The lowest BCUT2D eigenvalue weighted by atomic mass is 9.94. The number of ether oxygens (including phenoxy) is 1. The van der Waals surface area contributed by atoms with Crippen LogP contribution >= 0.6 is 0 Å². The van der Waals surface area contributed by atoms with Gasteiger partial charge in [0.1, 0.15) is 0 Å². The van der Waals surface area contributed by atoms with E-state index in [2.05, 4.69) is 41.0 Å². The third-order valence-electron chi connectivity index (χ3n) is 4.45. The highest BCUT2D eigenvalue weighted by atomic mass is 16.5. The first-order chi connectivity index (χ1) is 10.8. The average molecular weight is 320 g/mol. The Morgan fingerprint density at radius 3 is 2.87 bits per heavy atom. The van der Waals surface area contributed by atoms with Gasteiger partial charge < -0.3 is 15.0 Å². The van der Waals surface area contributed by atoms with Crippen molar-refractivity contribution in [3.8, 4) is 5.88 Å². The van der Waals surface area contributed by atoms with Gasteiger partial charge >= 0.3 is 0 Å². The number of carbonyl (C=O) groups excluding carboxylic acids is 1. The van der Waals surface area contributed by atoms with E-state index in [9.17, 15) is 4.79 Å². The molecule has 128 valence electrons. The summed E-state index contributed by atoms with van der Waals surface area (Å²) in [6.45, 7) is 9.64. The van der Waals surface area contributed by atoms with Crippen LogP contribution in [0.15, 0.2) is 6.07 Å². The maximum absolute atomic E-state index is 12.5. The molecule has 1 aromatic rings. The van der Waals surface area contributed by atoms with Crippen LogP contribution in [0.1, 0.15) is 45.7 Å². The number of nitrogens with zero attached hydrogens (tertiary/aromatic N) is 3. The van der Waals surface area contributed by atoms with Crippen molar-refractivity contribution in [3.63, 3.8) is 0 Å². The van der Waals surface area contributed by atoms with E-state index in [1.165, 1.54) is 0 Å². The maximum Gasteiger partial charge on any atom is 0.228 e. The van der Waals surface area contributed by atoms with Crippen LogP contribution < -0.4 is 15.0 Å². The van der Waals surface area contributed by atoms with Gasteiger partial charge in [0.2, 0.25) is 17.7 Å². The molecule has 1 aliphatic rings. The van der Waals surface area contributed by atoms with E-state index in [0.717, 1.165) is 31.5 Å². The van der Waals surface area contributed by atoms with E-state index in [1.807, 2.05) is 6.92 Å². The van der Waals surface area contributed by atoms with Crippen LogP contribution in [0.5, 0.6) is 5.88 Å². The van der Waals surface area contributed by atoms with E-state index in [1.54, 1.807) is 13.2 Å². The molecule has 0 radical (unpaired) electrons. The van der Waals surface area contributed by atoms with E-state index in [-0.39, 0.29) is 17.4 Å². The number of rotatable bonds is 5. The van der Waals surface area contributed by atoms with Gasteiger partial charge in [0.25, 0.3) is 0 Å². The molecule has 0 saturated carbocycles. The molecule has 0 spiro atoms. The van der Waals surface area contributed by atoms with Gasteiger partial charge in [-0.2, -0.15) is 4.98 Å². The number of aromatic nitrogens is 2. The fourth-order valence-electron chi connectivity index (χ4n) is 2.67. The fourth-order valence-corrected chi connectivity index (χ4v) is 2.67. The molecule has 1 unspecified atom stereocenters. The molecule has 0 bridgehead atoms. The molecule has 0 aromatic carbocycles. The largest absolute Gasteiger partial charge is 0.481 e. The zero-order chi connectivity index (χ0) is 17.0. The minimum absolute atomic E-state index is 0.0234. The molecular weight excluding hydrogens is 292 g/mol. The van der Waals surface area contributed by atoms with Crippen LogP contribution in [0, 0.1) is 12.8 Å². The molecule has 2 heterocycles. The molecule has 2 rings (SSSR count).